The molecule has 3 heterocycles. The number of fused-ring (bicyclic) bond motifs is 1. The second-order valence-corrected chi connectivity index (χ2v) is 6.49. The molecule has 114 valence electrons. The maximum absolute atomic E-state index is 6.09. The molecule has 1 N–H and O–H groups in total. The molecular formula is C14H19ClN4OS. The summed E-state index contributed by atoms with van der Waals surface area (Å²) >= 11 is 7.84. The van der Waals surface area contributed by atoms with Crippen LogP contribution in [0.1, 0.15) is 18.2 Å². The largest absolute Gasteiger partial charge is 0.378 e. The molecule has 7 heteroatoms. The normalized spacial score (nSPS) is 15.8. The molecule has 2 aromatic heterocycles. The molecule has 5 nitrogen and oxygen atoms in total. The fourth-order valence-electron chi connectivity index (χ4n) is 2.40. The van der Waals surface area contributed by atoms with E-state index in [1.54, 1.807) is 11.3 Å². The van der Waals surface area contributed by atoms with E-state index in [4.69, 9.17) is 16.3 Å². The van der Waals surface area contributed by atoms with E-state index in [9.17, 15) is 0 Å². The van der Waals surface area contributed by atoms with E-state index in [-0.39, 0.29) is 0 Å². The zero-order chi connectivity index (χ0) is 14.7. The summed E-state index contributed by atoms with van der Waals surface area (Å²) in [6.07, 6.45) is 1.13. The Kier molecular flexibility index (Phi) is 4.90. The van der Waals surface area contributed by atoms with E-state index in [2.05, 4.69) is 33.2 Å². The topological polar surface area (TPSA) is 50.3 Å². The molecular weight excluding hydrogens is 308 g/mol. The lowest BCUT2D eigenvalue weighted by Gasteiger charge is -2.28. The number of anilines is 1. The van der Waals surface area contributed by atoms with Gasteiger partial charge in [-0.2, -0.15) is 4.98 Å². The first-order valence-corrected chi connectivity index (χ1v) is 8.46. The van der Waals surface area contributed by atoms with Gasteiger partial charge in [0, 0.05) is 24.5 Å². The van der Waals surface area contributed by atoms with E-state index < -0.39 is 0 Å². The van der Waals surface area contributed by atoms with E-state index >= 15 is 0 Å². The number of hydrogen-bond acceptors (Lipinski definition) is 6. The van der Waals surface area contributed by atoms with Crippen molar-refractivity contribution in [2.24, 2.45) is 0 Å². The molecule has 0 saturated carbocycles. The molecule has 1 saturated heterocycles. The van der Waals surface area contributed by atoms with Gasteiger partial charge in [-0.25, -0.2) is 4.98 Å². The molecule has 0 unspecified atom stereocenters. The van der Waals surface area contributed by atoms with Crippen molar-refractivity contribution in [3.05, 3.63) is 16.2 Å². The van der Waals surface area contributed by atoms with Gasteiger partial charge in [-0.05, 0) is 30.6 Å². The third kappa shape index (κ3) is 3.45. The standard InChI is InChI=1S/C14H19ClN4OS/c1-2-3-16-9-10-8-11-12(21-10)13(18-14(15)17-11)19-4-6-20-7-5-19/h8,16H,2-7,9H2,1H3. The van der Waals surface area contributed by atoms with Crippen LogP contribution in [0.15, 0.2) is 6.07 Å². The highest BCUT2D eigenvalue weighted by molar-refractivity contribution is 7.19. The smallest absolute Gasteiger partial charge is 0.224 e. The maximum Gasteiger partial charge on any atom is 0.224 e. The van der Waals surface area contributed by atoms with Gasteiger partial charge in [-0.1, -0.05) is 6.92 Å². The van der Waals surface area contributed by atoms with Crippen molar-refractivity contribution in [3.8, 4) is 0 Å². The zero-order valence-electron chi connectivity index (χ0n) is 12.1. The molecule has 0 aliphatic carbocycles. The van der Waals surface area contributed by atoms with Crippen LogP contribution < -0.4 is 10.2 Å². The molecule has 0 aromatic carbocycles. The van der Waals surface area contributed by atoms with Crippen LogP contribution in [0.2, 0.25) is 5.28 Å². The second-order valence-electron chi connectivity index (χ2n) is 5.02. The lowest BCUT2D eigenvalue weighted by Crippen LogP contribution is -2.36. The van der Waals surface area contributed by atoms with Gasteiger partial charge in [-0.3, -0.25) is 0 Å². The van der Waals surface area contributed by atoms with Crippen LogP contribution in [-0.2, 0) is 11.3 Å². The Hall–Kier alpha value is -0.950. The van der Waals surface area contributed by atoms with Gasteiger partial charge in [0.2, 0.25) is 5.28 Å². The molecule has 0 bridgehead atoms. The Labute approximate surface area is 133 Å². The molecule has 0 atom stereocenters. The average molecular weight is 327 g/mol. The van der Waals surface area contributed by atoms with Crippen LogP contribution in [0.5, 0.6) is 0 Å². The minimum Gasteiger partial charge on any atom is -0.378 e. The van der Waals surface area contributed by atoms with Crippen LogP contribution in [0.25, 0.3) is 10.2 Å². The minimum atomic E-state index is 0.315. The molecule has 0 spiro atoms. The van der Waals surface area contributed by atoms with Crippen LogP contribution in [0.4, 0.5) is 5.82 Å². The molecule has 1 fully saturated rings. The maximum atomic E-state index is 6.09. The summed E-state index contributed by atoms with van der Waals surface area (Å²) in [5.74, 6) is 0.944. The molecule has 21 heavy (non-hydrogen) atoms. The highest BCUT2D eigenvalue weighted by atomic mass is 35.5. The highest BCUT2D eigenvalue weighted by Crippen LogP contribution is 2.33. The molecule has 1 aliphatic rings. The van der Waals surface area contributed by atoms with Gasteiger partial charge in [0.1, 0.15) is 0 Å². The van der Waals surface area contributed by atoms with Gasteiger partial charge >= 0.3 is 0 Å². The molecule has 2 aromatic rings. The molecule has 1 aliphatic heterocycles. The van der Waals surface area contributed by atoms with E-state index in [1.807, 2.05) is 0 Å². The summed E-state index contributed by atoms with van der Waals surface area (Å²) in [5.41, 5.74) is 0.940. The fraction of sp³-hybridized carbons (Fsp3) is 0.571. The van der Waals surface area contributed by atoms with Crippen molar-refractivity contribution >= 4 is 39.0 Å². The third-order valence-corrected chi connectivity index (χ3v) is 4.70. The number of rotatable bonds is 5. The first kappa shape index (κ1) is 15.0. The average Bonchev–Trinajstić information content (AvgIpc) is 2.90. The van der Waals surface area contributed by atoms with Crippen molar-refractivity contribution in [3.63, 3.8) is 0 Å². The predicted octanol–water partition coefficient (Wildman–Crippen LogP) is 2.68. The lowest BCUT2D eigenvalue weighted by atomic mass is 10.3. The Morgan fingerprint density at radius 2 is 2.19 bits per heavy atom. The zero-order valence-corrected chi connectivity index (χ0v) is 13.6. The Bertz CT molecular complexity index is 612. The predicted molar refractivity (Wildman–Crippen MR) is 87.5 cm³/mol. The number of morpholine rings is 1. The number of ether oxygens (including phenoxy) is 1. The molecule has 3 rings (SSSR count). The Morgan fingerprint density at radius 1 is 1.38 bits per heavy atom. The van der Waals surface area contributed by atoms with Gasteiger partial charge in [0.25, 0.3) is 0 Å². The summed E-state index contributed by atoms with van der Waals surface area (Å²) in [7, 11) is 0. The highest BCUT2D eigenvalue weighted by Gasteiger charge is 2.19. The van der Waals surface area contributed by atoms with Crippen molar-refractivity contribution in [2.75, 3.05) is 37.7 Å². The first-order chi connectivity index (χ1) is 10.3. The number of hydrogen-bond donors (Lipinski definition) is 1. The molecule has 0 radical (unpaired) electrons. The number of nitrogens with zero attached hydrogens (tertiary/aromatic N) is 3. The van der Waals surface area contributed by atoms with E-state index in [1.165, 1.54) is 4.88 Å². The SMILES string of the molecule is CCCNCc1cc2nc(Cl)nc(N3CCOCC3)c2s1. The summed E-state index contributed by atoms with van der Waals surface area (Å²) < 4.78 is 6.53. The summed E-state index contributed by atoms with van der Waals surface area (Å²) in [5, 5.41) is 3.74. The van der Waals surface area contributed by atoms with Crippen LogP contribution in [-0.4, -0.2) is 42.8 Å². The summed E-state index contributed by atoms with van der Waals surface area (Å²) in [4.78, 5) is 12.3. The van der Waals surface area contributed by atoms with Crippen molar-refractivity contribution < 1.29 is 4.74 Å². The fourth-order valence-corrected chi connectivity index (χ4v) is 3.65. The van der Waals surface area contributed by atoms with Gasteiger partial charge in [-0.15, -0.1) is 11.3 Å². The van der Waals surface area contributed by atoms with Gasteiger partial charge < -0.3 is 15.0 Å². The van der Waals surface area contributed by atoms with Crippen molar-refractivity contribution in [1.29, 1.82) is 0 Å². The van der Waals surface area contributed by atoms with Gasteiger partial charge in [0.05, 0.1) is 23.4 Å². The number of nitrogens with one attached hydrogen (secondary N) is 1. The Balaban J connectivity index is 1.91. The van der Waals surface area contributed by atoms with E-state index in [0.29, 0.717) is 5.28 Å². The minimum absolute atomic E-state index is 0.315. The quantitative estimate of drug-likeness (QED) is 0.676. The van der Waals surface area contributed by atoms with Crippen LogP contribution >= 0.6 is 22.9 Å². The number of thiophene rings is 1. The van der Waals surface area contributed by atoms with Crippen LogP contribution in [0, 0.1) is 0 Å². The van der Waals surface area contributed by atoms with E-state index in [0.717, 1.165) is 61.8 Å². The number of aromatic nitrogens is 2. The first-order valence-electron chi connectivity index (χ1n) is 7.27. The Morgan fingerprint density at radius 3 is 2.95 bits per heavy atom. The monoisotopic (exact) mass is 326 g/mol. The van der Waals surface area contributed by atoms with Crippen LogP contribution in [0.3, 0.4) is 0 Å². The second kappa shape index (κ2) is 6.87. The van der Waals surface area contributed by atoms with Crippen molar-refractivity contribution in [2.45, 2.75) is 19.9 Å². The molecule has 0 amide bonds. The van der Waals surface area contributed by atoms with Gasteiger partial charge in [0.15, 0.2) is 5.82 Å². The third-order valence-electron chi connectivity index (χ3n) is 3.41. The van der Waals surface area contributed by atoms with Crippen molar-refractivity contribution in [1.82, 2.24) is 15.3 Å². The summed E-state index contributed by atoms with van der Waals surface area (Å²) in [6, 6.07) is 2.11. The summed E-state index contributed by atoms with van der Waals surface area (Å²) in [6.45, 7) is 7.23. The lowest BCUT2D eigenvalue weighted by molar-refractivity contribution is 0.122. The number of halogens is 1.